The number of nitrogens with one attached hydrogen (secondary N) is 2. The molecule has 2 fully saturated rings. The maximum Gasteiger partial charge on any atom is 0.243 e. The third kappa shape index (κ3) is 1.53. The Morgan fingerprint density at radius 2 is 1.92 bits per heavy atom. The van der Waals surface area contributed by atoms with Crippen molar-refractivity contribution in [2.45, 2.75) is 38.3 Å². The van der Waals surface area contributed by atoms with E-state index in [1.54, 1.807) is 0 Å². The average molecular weight is 182 g/mol. The second-order valence-electron chi connectivity index (χ2n) is 3.79. The molecule has 0 aromatic heterocycles. The van der Waals surface area contributed by atoms with Gasteiger partial charge in [-0.3, -0.25) is 9.59 Å². The van der Waals surface area contributed by atoms with Crippen molar-refractivity contribution in [1.82, 2.24) is 10.6 Å². The van der Waals surface area contributed by atoms with Gasteiger partial charge in [0.15, 0.2) is 0 Å². The Kier molecular flexibility index (Phi) is 1.98. The van der Waals surface area contributed by atoms with E-state index in [1.165, 1.54) is 0 Å². The highest BCUT2D eigenvalue weighted by Gasteiger charge is 2.41. The summed E-state index contributed by atoms with van der Waals surface area (Å²) in [6.45, 7) is 1.89. The first kappa shape index (κ1) is 8.53. The molecule has 72 valence electrons. The molecule has 0 aromatic carbocycles. The molecule has 0 radical (unpaired) electrons. The van der Waals surface area contributed by atoms with E-state index in [1.807, 2.05) is 6.92 Å². The fraction of sp³-hybridized carbons (Fsp3) is 0.778. The van der Waals surface area contributed by atoms with Crippen LogP contribution in [-0.2, 0) is 9.59 Å². The zero-order valence-electron chi connectivity index (χ0n) is 7.67. The molecule has 13 heavy (non-hydrogen) atoms. The number of rotatable bonds is 2. The summed E-state index contributed by atoms with van der Waals surface area (Å²) in [5.41, 5.74) is 0. The lowest BCUT2D eigenvalue weighted by Crippen LogP contribution is -2.62. The lowest BCUT2D eigenvalue weighted by Gasteiger charge is -2.28. The Morgan fingerprint density at radius 1 is 1.23 bits per heavy atom. The van der Waals surface area contributed by atoms with Gasteiger partial charge in [-0.05, 0) is 25.2 Å². The van der Waals surface area contributed by atoms with E-state index in [-0.39, 0.29) is 23.9 Å². The predicted molar refractivity (Wildman–Crippen MR) is 46.9 cm³/mol. The highest BCUT2D eigenvalue weighted by atomic mass is 16.2. The van der Waals surface area contributed by atoms with E-state index in [0.717, 1.165) is 12.8 Å². The smallest absolute Gasteiger partial charge is 0.243 e. The molecule has 2 rings (SSSR count). The maximum atomic E-state index is 11.5. The summed E-state index contributed by atoms with van der Waals surface area (Å²) < 4.78 is 0. The molecule has 2 amide bonds. The van der Waals surface area contributed by atoms with Gasteiger partial charge in [0, 0.05) is 0 Å². The molecule has 2 aliphatic rings. The first-order valence-electron chi connectivity index (χ1n) is 4.83. The van der Waals surface area contributed by atoms with Crippen LogP contribution in [-0.4, -0.2) is 23.9 Å². The maximum absolute atomic E-state index is 11.5. The van der Waals surface area contributed by atoms with Gasteiger partial charge in [0.1, 0.15) is 12.1 Å². The molecule has 1 heterocycles. The van der Waals surface area contributed by atoms with Crippen LogP contribution in [0.1, 0.15) is 26.2 Å². The zero-order valence-corrected chi connectivity index (χ0v) is 7.67. The second kappa shape index (κ2) is 3.01. The largest absolute Gasteiger partial charge is 0.343 e. The Bertz CT molecular complexity index is 248. The lowest BCUT2D eigenvalue weighted by molar-refractivity contribution is -0.137. The predicted octanol–water partition coefficient (Wildman–Crippen LogP) is -0.210. The standard InChI is InChI=1S/C9H14N2O2/c1-2-6-8(12)11-7(5-3-4-5)9(13)10-6/h5-7H,2-4H2,1H3,(H,10,13)(H,11,12). The zero-order chi connectivity index (χ0) is 9.42. The summed E-state index contributed by atoms with van der Waals surface area (Å²) in [5, 5.41) is 5.51. The van der Waals surface area contributed by atoms with Gasteiger partial charge in [0.05, 0.1) is 0 Å². The number of carbonyl (C=O) groups excluding carboxylic acids is 2. The molecular weight excluding hydrogens is 168 g/mol. The molecule has 1 saturated carbocycles. The molecule has 0 spiro atoms. The van der Waals surface area contributed by atoms with Crippen molar-refractivity contribution < 1.29 is 9.59 Å². The Labute approximate surface area is 77.1 Å². The van der Waals surface area contributed by atoms with Crippen molar-refractivity contribution in [2.24, 2.45) is 5.92 Å². The van der Waals surface area contributed by atoms with Gasteiger partial charge in [-0.2, -0.15) is 0 Å². The van der Waals surface area contributed by atoms with E-state index in [0.29, 0.717) is 12.3 Å². The number of hydrogen-bond acceptors (Lipinski definition) is 2. The van der Waals surface area contributed by atoms with Gasteiger partial charge in [0.2, 0.25) is 11.8 Å². The Hall–Kier alpha value is -1.06. The highest BCUT2D eigenvalue weighted by Crippen LogP contribution is 2.33. The molecule has 2 N–H and O–H groups in total. The number of piperazine rings is 1. The third-order valence-corrected chi connectivity index (χ3v) is 2.71. The molecule has 4 nitrogen and oxygen atoms in total. The first-order valence-corrected chi connectivity index (χ1v) is 4.83. The van der Waals surface area contributed by atoms with Crippen molar-refractivity contribution >= 4 is 11.8 Å². The highest BCUT2D eigenvalue weighted by molar-refractivity contribution is 5.97. The van der Waals surface area contributed by atoms with Crippen LogP contribution in [0.3, 0.4) is 0 Å². The molecule has 0 aromatic rings. The summed E-state index contributed by atoms with van der Waals surface area (Å²) in [6.07, 6.45) is 2.79. The average Bonchev–Trinajstić information content (AvgIpc) is 2.91. The minimum atomic E-state index is -0.317. The van der Waals surface area contributed by atoms with Gasteiger partial charge >= 0.3 is 0 Å². The minimum Gasteiger partial charge on any atom is -0.343 e. The monoisotopic (exact) mass is 182 g/mol. The van der Waals surface area contributed by atoms with Crippen LogP contribution >= 0.6 is 0 Å². The summed E-state index contributed by atoms with van der Waals surface area (Å²) in [6, 6.07) is -0.571. The van der Waals surface area contributed by atoms with Gasteiger partial charge in [-0.15, -0.1) is 0 Å². The molecular formula is C9H14N2O2. The lowest BCUT2D eigenvalue weighted by atomic mass is 10.1. The van der Waals surface area contributed by atoms with E-state index >= 15 is 0 Å². The van der Waals surface area contributed by atoms with Crippen molar-refractivity contribution in [3.63, 3.8) is 0 Å². The fourth-order valence-electron chi connectivity index (χ4n) is 1.70. The topological polar surface area (TPSA) is 58.2 Å². The molecule has 1 aliphatic heterocycles. The van der Waals surface area contributed by atoms with Crippen LogP contribution in [0.25, 0.3) is 0 Å². The Morgan fingerprint density at radius 3 is 2.46 bits per heavy atom. The van der Waals surface area contributed by atoms with E-state index in [9.17, 15) is 9.59 Å². The molecule has 2 unspecified atom stereocenters. The molecule has 0 bridgehead atoms. The van der Waals surface area contributed by atoms with Gasteiger partial charge in [-0.1, -0.05) is 6.92 Å². The summed E-state index contributed by atoms with van der Waals surface area (Å²) in [4.78, 5) is 22.9. The van der Waals surface area contributed by atoms with Crippen LogP contribution in [0.4, 0.5) is 0 Å². The third-order valence-electron chi connectivity index (χ3n) is 2.71. The van der Waals surface area contributed by atoms with Crippen LogP contribution in [0.2, 0.25) is 0 Å². The molecule has 1 saturated heterocycles. The van der Waals surface area contributed by atoms with Gasteiger partial charge < -0.3 is 10.6 Å². The fourth-order valence-corrected chi connectivity index (χ4v) is 1.70. The summed E-state index contributed by atoms with van der Waals surface area (Å²) in [7, 11) is 0. The van der Waals surface area contributed by atoms with Gasteiger partial charge in [-0.25, -0.2) is 0 Å². The van der Waals surface area contributed by atoms with Crippen LogP contribution in [0, 0.1) is 5.92 Å². The van der Waals surface area contributed by atoms with E-state index < -0.39 is 0 Å². The minimum absolute atomic E-state index is 0.00560. The van der Waals surface area contributed by atoms with Crippen LogP contribution in [0.15, 0.2) is 0 Å². The van der Waals surface area contributed by atoms with Crippen molar-refractivity contribution in [3.05, 3.63) is 0 Å². The summed E-state index contributed by atoms with van der Waals surface area (Å²) >= 11 is 0. The molecule has 1 aliphatic carbocycles. The van der Waals surface area contributed by atoms with Crippen LogP contribution < -0.4 is 10.6 Å². The Balaban J connectivity index is 2.03. The first-order chi connectivity index (χ1) is 6.22. The molecule has 2 atom stereocenters. The number of carbonyl (C=O) groups is 2. The van der Waals surface area contributed by atoms with Crippen LogP contribution in [0.5, 0.6) is 0 Å². The number of hydrogen-bond donors (Lipinski definition) is 2. The van der Waals surface area contributed by atoms with E-state index in [2.05, 4.69) is 10.6 Å². The normalized spacial score (nSPS) is 33.9. The van der Waals surface area contributed by atoms with Crippen molar-refractivity contribution in [1.29, 1.82) is 0 Å². The second-order valence-corrected chi connectivity index (χ2v) is 3.79. The van der Waals surface area contributed by atoms with Crippen molar-refractivity contribution in [2.75, 3.05) is 0 Å². The number of amides is 2. The molecule has 4 heteroatoms. The van der Waals surface area contributed by atoms with Gasteiger partial charge in [0.25, 0.3) is 0 Å². The van der Waals surface area contributed by atoms with E-state index in [4.69, 9.17) is 0 Å². The quantitative estimate of drug-likeness (QED) is 0.620. The summed E-state index contributed by atoms with van der Waals surface area (Å²) in [5.74, 6) is 0.356. The SMILES string of the molecule is CCC1NC(=O)C(C2CC2)NC1=O. The van der Waals surface area contributed by atoms with Crippen molar-refractivity contribution in [3.8, 4) is 0 Å².